The van der Waals surface area contributed by atoms with Crippen LogP contribution in [0.15, 0.2) is 34.0 Å². The van der Waals surface area contributed by atoms with Crippen LogP contribution < -0.4 is 16.6 Å². The number of hydrogen-bond donors (Lipinski definition) is 4. The van der Waals surface area contributed by atoms with Crippen LogP contribution in [0.3, 0.4) is 0 Å². The normalized spacial score (nSPS) is 23.9. The average Bonchev–Trinajstić information content (AvgIpc) is 2.68. The van der Waals surface area contributed by atoms with Crippen molar-refractivity contribution < 1.29 is 28.5 Å². The predicted octanol–water partition coefficient (Wildman–Crippen LogP) is -1.03. The molecular weight excluding hydrogens is 404 g/mol. The Bertz CT molecular complexity index is 1050. The molecule has 1 aromatic heterocycles. The lowest BCUT2D eigenvalue weighted by Crippen LogP contribution is -2.60. The number of aliphatic hydroxyl groups is 2. The van der Waals surface area contributed by atoms with Gasteiger partial charge in [0.1, 0.15) is 18.3 Å². The number of aromatic amines is 1. The fourth-order valence-corrected chi connectivity index (χ4v) is 3.21. The van der Waals surface area contributed by atoms with Crippen molar-refractivity contribution >= 4 is 5.91 Å². The van der Waals surface area contributed by atoms with E-state index < -0.39 is 53.1 Å². The Morgan fingerprint density at radius 2 is 2.00 bits per heavy atom. The number of benzene rings is 1. The number of aliphatic hydroxyl groups excluding tert-OH is 2. The number of amides is 1. The number of aryl methyl sites for hydroxylation is 1. The molecule has 1 aromatic carbocycles. The van der Waals surface area contributed by atoms with Gasteiger partial charge in [0, 0.05) is 11.8 Å². The first kappa shape index (κ1) is 21.8. The number of ether oxygens (including phenoxy) is 1. The first-order valence-corrected chi connectivity index (χ1v) is 9.17. The lowest BCUT2D eigenvalue weighted by molar-refractivity contribution is -0.158. The summed E-state index contributed by atoms with van der Waals surface area (Å²) < 4.78 is 32.9. The van der Waals surface area contributed by atoms with Crippen LogP contribution in [0.5, 0.6) is 0 Å². The van der Waals surface area contributed by atoms with E-state index in [1.165, 1.54) is 19.2 Å². The van der Waals surface area contributed by atoms with Gasteiger partial charge in [0.25, 0.3) is 5.56 Å². The summed E-state index contributed by atoms with van der Waals surface area (Å²) in [4.78, 5) is 37.6. The average molecular weight is 425 g/mol. The molecule has 3 rings (SSSR count). The number of halogens is 2. The third-order valence-corrected chi connectivity index (χ3v) is 4.89. The van der Waals surface area contributed by atoms with Gasteiger partial charge in [-0.2, -0.15) is 0 Å². The molecule has 9 nitrogen and oxygen atoms in total. The van der Waals surface area contributed by atoms with E-state index >= 15 is 0 Å². The summed E-state index contributed by atoms with van der Waals surface area (Å²) >= 11 is 0. The van der Waals surface area contributed by atoms with E-state index in [2.05, 4.69) is 10.3 Å². The molecule has 11 heteroatoms. The minimum absolute atomic E-state index is 0.121. The fraction of sp³-hybridized carbons (Fsp3) is 0.421. The number of nitrogens with zero attached hydrogens (tertiary/aromatic N) is 1. The molecule has 0 bridgehead atoms. The maximum absolute atomic E-state index is 13.3. The predicted molar refractivity (Wildman–Crippen MR) is 99.8 cm³/mol. The van der Waals surface area contributed by atoms with Gasteiger partial charge in [0.2, 0.25) is 5.91 Å². The zero-order valence-electron chi connectivity index (χ0n) is 16.0. The van der Waals surface area contributed by atoms with E-state index in [4.69, 9.17) is 4.74 Å². The Morgan fingerprint density at radius 3 is 2.70 bits per heavy atom. The molecule has 4 N–H and O–H groups in total. The summed E-state index contributed by atoms with van der Waals surface area (Å²) in [6.45, 7) is 1.24. The number of H-pyrrole nitrogens is 1. The SMILES string of the molecule is Cc1cn(C[C@H]2OC[C@@H](NC(=O)Cc3ccc(F)c(F)c3)[C@H](O)[C@@H]2O)c(=O)[nH]c1=O. The van der Waals surface area contributed by atoms with Gasteiger partial charge in [0.05, 0.1) is 25.6 Å². The van der Waals surface area contributed by atoms with Crippen LogP contribution in [0.1, 0.15) is 11.1 Å². The number of hydrogen-bond acceptors (Lipinski definition) is 6. The van der Waals surface area contributed by atoms with Crippen molar-refractivity contribution in [2.75, 3.05) is 6.61 Å². The number of aromatic nitrogens is 2. The van der Waals surface area contributed by atoms with E-state index in [1.54, 1.807) is 0 Å². The zero-order chi connectivity index (χ0) is 22.0. The molecule has 2 heterocycles. The molecule has 0 radical (unpaired) electrons. The van der Waals surface area contributed by atoms with Gasteiger partial charge in [-0.3, -0.25) is 19.1 Å². The smallest absolute Gasteiger partial charge is 0.328 e. The first-order valence-electron chi connectivity index (χ1n) is 9.17. The highest BCUT2D eigenvalue weighted by molar-refractivity contribution is 5.79. The Balaban J connectivity index is 1.61. The van der Waals surface area contributed by atoms with E-state index in [-0.39, 0.29) is 25.1 Å². The highest BCUT2D eigenvalue weighted by Crippen LogP contribution is 2.17. The fourth-order valence-electron chi connectivity index (χ4n) is 3.21. The largest absolute Gasteiger partial charge is 0.388 e. The van der Waals surface area contributed by atoms with Crippen LogP contribution in [0.4, 0.5) is 8.78 Å². The molecule has 1 fully saturated rings. The molecular formula is C19H21F2N3O6. The Labute approximate surface area is 168 Å². The maximum atomic E-state index is 13.3. The second-order valence-electron chi connectivity index (χ2n) is 7.18. The van der Waals surface area contributed by atoms with Gasteiger partial charge in [-0.15, -0.1) is 0 Å². The summed E-state index contributed by atoms with van der Waals surface area (Å²) in [5, 5.41) is 23.2. The Kier molecular flexibility index (Phi) is 6.44. The highest BCUT2D eigenvalue weighted by Gasteiger charge is 2.39. The Hall–Kier alpha value is -2.89. The van der Waals surface area contributed by atoms with Gasteiger partial charge in [-0.05, 0) is 24.6 Å². The van der Waals surface area contributed by atoms with Crippen molar-refractivity contribution in [2.45, 2.75) is 44.2 Å². The lowest BCUT2D eigenvalue weighted by Gasteiger charge is -2.38. The van der Waals surface area contributed by atoms with Gasteiger partial charge >= 0.3 is 5.69 Å². The quantitative estimate of drug-likeness (QED) is 0.484. The molecule has 0 unspecified atom stereocenters. The van der Waals surface area contributed by atoms with Crippen molar-refractivity contribution in [1.82, 2.24) is 14.9 Å². The van der Waals surface area contributed by atoms with Crippen molar-refractivity contribution in [3.05, 3.63) is 68.0 Å². The van der Waals surface area contributed by atoms with Crippen LogP contribution in [-0.2, 0) is 22.5 Å². The van der Waals surface area contributed by atoms with Crippen molar-refractivity contribution in [3.8, 4) is 0 Å². The van der Waals surface area contributed by atoms with Crippen molar-refractivity contribution in [1.29, 1.82) is 0 Å². The third kappa shape index (κ3) is 4.81. The molecule has 162 valence electrons. The van der Waals surface area contributed by atoms with E-state index in [1.807, 2.05) is 0 Å². The summed E-state index contributed by atoms with van der Waals surface area (Å²) in [6.07, 6.45) is -2.71. The minimum atomic E-state index is -1.42. The maximum Gasteiger partial charge on any atom is 0.328 e. The third-order valence-electron chi connectivity index (χ3n) is 4.89. The molecule has 0 spiro atoms. The molecule has 1 amide bonds. The summed E-state index contributed by atoms with van der Waals surface area (Å²) in [5.74, 6) is -2.68. The molecule has 1 aliphatic rings. The molecule has 4 atom stereocenters. The van der Waals surface area contributed by atoms with Crippen LogP contribution in [0.2, 0.25) is 0 Å². The summed E-state index contributed by atoms with van der Waals surface area (Å²) in [7, 11) is 0. The second kappa shape index (κ2) is 8.86. The number of carbonyl (C=O) groups excluding carboxylic acids is 1. The van der Waals surface area contributed by atoms with Crippen LogP contribution >= 0.6 is 0 Å². The first-order chi connectivity index (χ1) is 14.2. The minimum Gasteiger partial charge on any atom is -0.388 e. The van der Waals surface area contributed by atoms with Gasteiger partial charge < -0.3 is 20.3 Å². The molecule has 0 aliphatic carbocycles. The Morgan fingerprint density at radius 1 is 1.27 bits per heavy atom. The summed E-state index contributed by atoms with van der Waals surface area (Å²) in [5.41, 5.74) is -0.672. The molecule has 2 aromatic rings. The highest BCUT2D eigenvalue weighted by atomic mass is 19.2. The van der Waals surface area contributed by atoms with Crippen molar-refractivity contribution in [2.24, 2.45) is 0 Å². The summed E-state index contributed by atoms with van der Waals surface area (Å²) in [6, 6.07) is 2.13. The van der Waals surface area contributed by atoms with Crippen molar-refractivity contribution in [3.63, 3.8) is 0 Å². The molecule has 1 aliphatic heterocycles. The van der Waals surface area contributed by atoms with Gasteiger partial charge in [-0.1, -0.05) is 6.07 Å². The zero-order valence-corrected chi connectivity index (χ0v) is 16.0. The molecule has 0 saturated carbocycles. The monoisotopic (exact) mass is 425 g/mol. The number of rotatable bonds is 5. The van der Waals surface area contributed by atoms with Gasteiger partial charge in [0.15, 0.2) is 11.6 Å². The lowest BCUT2D eigenvalue weighted by atomic mass is 9.97. The van der Waals surface area contributed by atoms with Crippen LogP contribution in [0.25, 0.3) is 0 Å². The number of carbonyl (C=O) groups is 1. The molecule has 1 saturated heterocycles. The van der Waals surface area contributed by atoms with Crippen LogP contribution in [0, 0.1) is 18.6 Å². The van der Waals surface area contributed by atoms with E-state index in [0.29, 0.717) is 5.56 Å². The standard InChI is InChI=1S/C19H21F2N3O6/c1-9-6-24(19(29)23-18(9)28)7-14-17(27)16(26)13(8-30-14)22-15(25)5-10-2-3-11(20)12(21)4-10/h2-4,6,13-14,16-17,26-27H,5,7-8H2,1H3,(H,22,25)(H,23,28,29)/t13-,14-,16+,17-/m1/s1. The van der Waals surface area contributed by atoms with E-state index in [0.717, 1.165) is 16.7 Å². The second-order valence-corrected chi connectivity index (χ2v) is 7.18. The van der Waals surface area contributed by atoms with Gasteiger partial charge in [-0.25, -0.2) is 13.6 Å². The van der Waals surface area contributed by atoms with Crippen LogP contribution in [-0.4, -0.2) is 56.6 Å². The topological polar surface area (TPSA) is 134 Å². The number of nitrogens with one attached hydrogen (secondary N) is 2. The molecule has 30 heavy (non-hydrogen) atoms. The van der Waals surface area contributed by atoms with E-state index in [9.17, 15) is 33.4 Å².